The van der Waals surface area contributed by atoms with E-state index in [-0.39, 0.29) is 0 Å². The monoisotopic (exact) mass is 189 g/mol. The van der Waals surface area contributed by atoms with Crippen LogP contribution in [0.2, 0.25) is 0 Å². The molecule has 1 aromatic rings. The highest BCUT2D eigenvalue weighted by molar-refractivity contribution is 5.50. The summed E-state index contributed by atoms with van der Waals surface area (Å²) in [7, 11) is 0. The smallest absolute Gasteiger partial charge is 0.133 e. The number of aromatic nitrogens is 2. The van der Waals surface area contributed by atoms with Crippen molar-refractivity contribution in [1.82, 2.24) is 9.97 Å². The number of nitrogens with zero attached hydrogens (tertiary/aromatic N) is 2. The lowest BCUT2D eigenvalue weighted by Gasteiger charge is -2.14. The zero-order valence-corrected chi connectivity index (χ0v) is 8.51. The average molecular weight is 189 g/mol. The second kappa shape index (κ2) is 2.69. The van der Waals surface area contributed by atoms with Crippen LogP contribution in [0.5, 0.6) is 0 Å². The van der Waals surface area contributed by atoms with Crippen molar-refractivity contribution in [1.29, 1.82) is 0 Å². The van der Waals surface area contributed by atoms with Crippen LogP contribution in [0.1, 0.15) is 37.4 Å². The molecule has 0 amide bonds. The Labute approximate surface area is 84.0 Å². The van der Waals surface area contributed by atoms with E-state index < -0.39 is 0 Å². The number of nitrogens with one attached hydrogen (secondary N) is 1. The molecule has 0 saturated heterocycles. The maximum Gasteiger partial charge on any atom is 0.133 e. The molecule has 0 unspecified atom stereocenters. The summed E-state index contributed by atoms with van der Waals surface area (Å²) in [5, 5.41) is 3.54. The van der Waals surface area contributed by atoms with Gasteiger partial charge < -0.3 is 5.32 Å². The molecule has 3 nitrogen and oxygen atoms in total. The lowest BCUT2D eigenvalue weighted by molar-refractivity contribution is 0.813. The Morgan fingerprint density at radius 1 is 1.29 bits per heavy atom. The Morgan fingerprint density at radius 2 is 2.14 bits per heavy atom. The standard InChI is InChI=1S/C11H15N3/c1-11(5-6-11)14-10-8-3-2-4-9(8)12-7-13-10/h7H,2-6H2,1H3,(H,12,13,14). The largest absolute Gasteiger partial charge is 0.365 e. The number of aryl methyl sites for hydroxylation is 1. The molecule has 2 aliphatic rings. The van der Waals surface area contributed by atoms with E-state index in [0.29, 0.717) is 5.54 Å². The molecule has 0 atom stereocenters. The summed E-state index contributed by atoms with van der Waals surface area (Å²) in [6.45, 7) is 2.26. The van der Waals surface area contributed by atoms with E-state index in [0.717, 1.165) is 18.7 Å². The fraction of sp³-hybridized carbons (Fsp3) is 0.636. The fourth-order valence-electron chi connectivity index (χ4n) is 2.07. The van der Waals surface area contributed by atoms with E-state index in [2.05, 4.69) is 22.2 Å². The molecule has 3 rings (SSSR count). The van der Waals surface area contributed by atoms with Gasteiger partial charge in [-0.25, -0.2) is 9.97 Å². The zero-order valence-electron chi connectivity index (χ0n) is 8.51. The van der Waals surface area contributed by atoms with Gasteiger partial charge in [0.25, 0.3) is 0 Å². The molecular weight excluding hydrogens is 174 g/mol. The van der Waals surface area contributed by atoms with Gasteiger partial charge in [-0.1, -0.05) is 0 Å². The van der Waals surface area contributed by atoms with Crippen molar-refractivity contribution in [2.75, 3.05) is 5.32 Å². The molecule has 1 aromatic heterocycles. The predicted molar refractivity (Wildman–Crippen MR) is 55.3 cm³/mol. The van der Waals surface area contributed by atoms with E-state index >= 15 is 0 Å². The van der Waals surface area contributed by atoms with Crippen molar-refractivity contribution in [3.63, 3.8) is 0 Å². The molecule has 0 aromatic carbocycles. The lowest BCUT2D eigenvalue weighted by atomic mass is 10.2. The molecule has 2 aliphatic carbocycles. The van der Waals surface area contributed by atoms with Crippen molar-refractivity contribution < 1.29 is 0 Å². The molecule has 3 heteroatoms. The summed E-state index contributed by atoms with van der Waals surface area (Å²) in [6, 6.07) is 0. The van der Waals surface area contributed by atoms with Crippen LogP contribution in [-0.2, 0) is 12.8 Å². The second-order valence-corrected chi connectivity index (χ2v) is 4.69. The van der Waals surface area contributed by atoms with E-state index in [4.69, 9.17) is 0 Å². The third kappa shape index (κ3) is 1.27. The second-order valence-electron chi connectivity index (χ2n) is 4.69. The molecule has 74 valence electrons. The molecule has 1 N–H and O–H groups in total. The van der Waals surface area contributed by atoms with Crippen LogP contribution in [0.4, 0.5) is 5.82 Å². The Kier molecular flexibility index (Phi) is 1.58. The van der Waals surface area contributed by atoms with Crippen LogP contribution in [0.3, 0.4) is 0 Å². The Hall–Kier alpha value is -1.12. The van der Waals surface area contributed by atoms with E-state index in [9.17, 15) is 0 Å². The summed E-state index contributed by atoms with van der Waals surface area (Å²) in [6.07, 6.45) is 7.74. The third-order valence-corrected chi connectivity index (χ3v) is 3.30. The first-order valence-corrected chi connectivity index (χ1v) is 5.38. The molecule has 0 bridgehead atoms. The van der Waals surface area contributed by atoms with Crippen molar-refractivity contribution >= 4 is 5.82 Å². The fourth-order valence-corrected chi connectivity index (χ4v) is 2.07. The number of hydrogen-bond acceptors (Lipinski definition) is 3. The normalized spacial score (nSPS) is 21.8. The number of hydrogen-bond donors (Lipinski definition) is 1. The van der Waals surface area contributed by atoms with Crippen LogP contribution >= 0.6 is 0 Å². The number of rotatable bonds is 2. The first-order valence-electron chi connectivity index (χ1n) is 5.38. The van der Waals surface area contributed by atoms with Gasteiger partial charge in [0, 0.05) is 16.8 Å². The van der Waals surface area contributed by atoms with Gasteiger partial charge in [0.1, 0.15) is 12.1 Å². The van der Waals surface area contributed by atoms with Crippen molar-refractivity contribution in [3.05, 3.63) is 17.6 Å². The van der Waals surface area contributed by atoms with Gasteiger partial charge in [0.2, 0.25) is 0 Å². The molecule has 1 heterocycles. The minimum atomic E-state index is 0.324. The summed E-state index contributed by atoms with van der Waals surface area (Å²) in [5.74, 6) is 1.09. The highest BCUT2D eigenvalue weighted by Crippen LogP contribution is 2.39. The summed E-state index contributed by atoms with van der Waals surface area (Å²) in [5.41, 5.74) is 2.94. The van der Waals surface area contributed by atoms with Crippen LogP contribution in [0.25, 0.3) is 0 Å². The summed E-state index contributed by atoms with van der Waals surface area (Å²) >= 11 is 0. The number of fused-ring (bicyclic) bond motifs is 1. The number of anilines is 1. The SMILES string of the molecule is CC1(Nc2ncnc3c2CCC3)CC1. The minimum absolute atomic E-state index is 0.324. The maximum atomic E-state index is 4.35. The van der Waals surface area contributed by atoms with Crippen molar-refractivity contribution in [2.45, 2.75) is 44.6 Å². The Balaban J connectivity index is 1.94. The Bertz CT molecular complexity index is 369. The molecular formula is C11H15N3. The van der Waals surface area contributed by atoms with Crippen LogP contribution < -0.4 is 5.32 Å². The van der Waals surface area contributed by atoms with Crippen LogP contribution in [-0.4, -0.2) is 15.5 Å². The van der Waals surface area contributed by atoms with E-state index in [1.54, 1.807) is 6.33 Å². The zero-order chi connectivity index (χ0) is 9.60. The highest BCUT2D eigenvalue weighted by atomic mass is 15.1. The van der Waals surface area contributed by atoms with Crippen molar-refractivity contribution in [2.24, 2.45) is 0 Å². The molecule has 0 radical (unpaired) electrons. The third-order valence-electron chi connectivity index (χ3n) is 3.30. The van der Waals surface area contributed by atoms with Gasteiger partial charge >= 0.3 is 0 Å². The first kappa shape index (κ1) is 8.21. The van der Waals surface area contributed by atoms with Crippen molar-refractivity contribution in [3.8, 4) is 0 Å². The van der Waals surface area contributed by atoms with Gasteiger partial charge in [-0.15, -0.1) is 0 Å². The maximum absolute atomic E-state index is 4.35. The minimum Gasteiger partial charge on any atom is -0.365 e. The van der Waals surface area contributed by atoms with E-state index in [1.165, 1.54) is 30.5 Å². The molecule has 0 aliphatic heterocycles. The molecule has 0 spiro atoms. The van der Waals surface area contributed by atoms with Gasteiger partial charge in [0.15, 0.2) is 0 Å². The van der Waals surface area contributed by atoms with Crippen LogP contribution in [0, 0.1) is 0 Å². The molecule has 1 fully saturated rings. The highest BCUT2D eigenvalue weighted by Gasteiger charge is 2.38. The predicted octanol–water partition coefficient (Wildman–Crippen LogP) is 1.93. The molecule has 1 saturated carbocycles. The van der Waals surface area contributed by atoms with Crippen LogP contribution in [0.15, 0.2) is 6.33 Å². The summed E-state index contributed by atoms with van der Waals surface area (Å²) < 4.78 is 0. The first-order chi connectivity index (χ1) is 6.77. The lowest BCUT2D eigenvalue weighted by Crippen LogP contribution is -2.18. The topological polar surface area (TPSA) is 37.8 Å². The van der Waals surface area contributed by atoms with Gasteiger partial charge in [-0.3, -0.25) is 0 Å². The average Bonchev–Trinajstić information content (AvgIpc) is 2.73. The van der Waals surface area contributed by atoms with E-state index in [1.807, 2.05) is 0 Å². The molecule has 14 heavy (non-hydrogen) atoms. The Morgan fingerprint density at radius 3 is 2.93 bits per heavy atom. The summed E-state index contributed by atoms with van der Waals surface area (Å²) in [4.78, 5) is 8.67. The quantitative estimate of drug-likeness (QED) is 0.772. The van der Waals surface area contributed by atoms with Gasteiger partial charge in [0.05, 0.1) is 0 Å². The van der Waals surface area contributed by atoms with Gasteiger partial charge in [-0.05, 0) is 39.0 Å². The van der Waals surface area contributed by atoms with Gasteiger partial charge in [-0.2, -0.15) is 0 Å².